The van der Waals surface area contributed by atoms with Crippen molar-refractivity contribution < 1.29 is 14.7 Å². The fourth-order valence-corrected chi connectivity index (χ4v) is 4.43. The molecular weight excluding hydrogens is 318 g/mol. The Morgan fingerprint density at radius 3 is 2.20 bits per heavy atom. The van der Waals surface area contributed by atoms with Crippen LogP contribution >= 0.6 is 0 Å². The van der Waals surface area contributed by atoms with Crippen LogP contribution in [0.1, 0.15) is 70.6 Å². The van der Waals surface area contributed by atoms with Gasteiger partial charge in [0.25, 0.3) is 0 Å². The van der Waals surface area contributed by atoms with Crippen molar-refractivity contribution in [1.29, 1.82) is 0 Å². The topological polar surface area (TPSA) is 81.7 Å². The standard InChI is InChI=1S/C19H33N3O3/c23-17-10-8-16(9-11-17)20-18(24)14-5-4-12-22(13-14)19(25)21-15-6-2-1-3-7-15/h14-17,23H,1-13H2,(H,20,24)(H,21,25)/t14-,16?,17?/m0/s1. The quantitative estimate of drug-likeness (QED) is 0.729. The average Bonchev–Trinajstić information content (AvgIpc) is 2.64. The second-order valence-corrected chi connectivity index (χ2v) is 8.08. The van der Waals surface area contributed by atoms with E-state index < -0.39 is 0 Å². The zero-order chi connectivity index (χ0) is 17.6. The van der Waals surface area contributed by atoms with E-state index in [1.165, 1.54) is 19.3 Å². The van der Waals surface area contributed by atoms with Crippen molar-refractivity contribution in [2.24, 2.45) is 5.92 Å². The van der Waals surface area contributed by atoms with Crippen LogP contribution in [0.15, 0.2) is 0 Å². The summed E-state index contributed by atoms with van der Waals surface area (Å²) in [5.41, 5.74) is 0. The van der Waals surface area contributed by atoms with Gasteiger partial charge < -0.3 is 20.6 Å². The molecule has 0 aromatic rings. The minimum atomic E-state index is -0.207. The molecule has 1 heterocycles. The normalized spacial score (nSPS) is 31.4. The van der Waals surface area contributed by atoms with Crippen LogP contribution in [-0.4, -0.2) is 53.2 Å². The molecule has 25 heavy (non-hydrogen) atoms. The Kier molecular flexibility index (Phi) is 6.57. The van der Waals surface area contributed by atoms with Crippen LogP contribution < -0.4 is 10.6 Å². The lowest BCUT2D eigenvalue weighted by molar-refractivity contribution is -0.127. The summed E-state index contributed by atoms with van der Waals surface area (Å²) in [7, 11) is 0. The summed E-state index contributed by atoms with van der Waals surface area (Å²) in [6, 6.07) is 0.497. The summed E-state index contributed by atoms with van der Waals surface area (Å²) in [6.45, 7) is 1.28. The number of urea groups is 1. The lowest BCUT2D eigenvalue weighted by atomic mass is 9.91. The van der Waals surface area contributed by atoms with Gasteiger partial charge in [0.1, 0.15) is 0 Å². The summed E-state index contributed by atoms with van der Waals surface area (Å²) in [6.07, 6.45) is 10.6. The van der Waals surface area contributed by atoms with Gasteiger partial charge in [-0.2, -0.15) is 0 Å². The summed E-state index contributed by atoms with van der Waals surface area (Å²) in [5, 5.41) is 15.9. The predicted octanol–water partition coefficient (Wildman–Crippen LogP) is 2.16. The summed E-state index contributed by atoms with van der Waals surface area (Å²) < 4.78 is 0. The molecule has 3 aliphatic rings. The molecule has 0 radical (unpaired) electrons. The van der Waals surface area contributed by atoms with Crippen molar-refractivity contribution in [3.05, 3.63) is 0 Å². The molecular formula is C19H33N3O3. The largest absolute Gasteiger partial charge is 0.393 e. The Morgan fingerprint density at radius 1 is 0.800 bits per heavy atom. The number of nitrogens with zero attached hydrogens (tertiary/aromatic N) is 1. The number of nitrogens with one attached hydrogen (secondary N) is 2. The predicted molar refractivity (Wildman–Crippen MR) is 96.1 cm³/mol. The molecule has 1 atom stereocenters. The third-order valence-electron chi connectivity index (χ3n) is 6.06. The van der Waals surface area contributed by atoms with Crippen LogP contribution in [0, 0.1) is 5.92 Å². The molecule has 1 aliphatic heterocycles. The first-order chi connectivity index (χ1) is 12.1. The number of aliphatic hydroxyl groups excluding tert-OH is 1. The molecule has 3 amide bonds. The molecule has 0 spiro atoms. The zero-order valence-electron chi connectivity index (χ0n) is 15.2. The van der Waals surface area contributed by atoms with E-state index in [9.17, 15) is 14.7 Å². The van der Waals surface area contributed by atoms with E-state index in [2.05, 4.69) is 10.6 Å². The van der Waals surface area contributed by atoms with Crippen molar-refractivity contribution in [3.63, 3.8) is 0 Å². The Morgan fingerprint density at radius 2 is 1.48 bits per heavy atom. The molecule has 3 fully saturated rings. The Labute approximate surface area is 150 Å². The smallest absolute Gasteiger partial charge is 0.317 e. The number of aliphatic hydroxyl groups is 1. The first kappa shape index (κ1) is 18.5. The van der Waals surface area contributed by atoms with Crippen LogP contribution in [0.5, 0.6) is 0 Å². The highest BCUT2D eigenvalue weighted by molar-refractivity contribution is 5.81. The van der Waals surface area contributed by atoms with Gasteiger partial charge in [0.15, 0.2) is 0 Å². The van der Waals surface area contributed by atoms with Crippen molar-refractivity contribution in [2.75, 3.05) is 13.1 Å². The molecule has 6 heteroatoms. The van der Waals surface area contributed by atoms with Crippen LogP contribution in [0.25, 0.3) is 0 Å². The van der Waals surface area contributed by atoms with Gasteiger partial charge in [-0.15, -0.1) is 0 Å². The summed E-state index contributed by atoms with van der Waals surface area (Å²) >= 11 is 0. The molecule has 3 rings (SSSR count). The molecule has 2 aliphatic carbocycles. The first-order valence-electron chi connectivity index (χ1n) is 10.2. The van der Waals surface area contributed by atoms with Crippen molar-refractivity contribution in [3.8, 4) is 0 Å². The molecule has 0 aromatic heterocycles. The monoisotopic (exact) mass is 351 g/mol. The highest BCUT2D eigenvalue weighted by atomic mass is 16.3. The number of carbonyl (C=O) groups is 2. The van der Waals surface area contributed by atoms with Crippen LogP contribution in [0.2, 0.25) is 0 Å². The number of piperidine rings is 1. The van der Waals surface area contributed by atoms with Gasteiger partial charge in [0.2, 0.25) is 5.91 Å². The summed E-state index contributed by atoms with van der Waals surface area (Å²) in [4.78, 5) is 26.9. The van der Waals surface area contributed by atoms with Gasteiger partial charge >= 0.3 is 6.03 Å². The van der Waals surface area contributed by atoms with E-state index in [4.69, 9.17) is 0 Å². The minimum Gasteiger partial charge on any atom is -0.393 e. The number of carbonyl (C=O) groups excluding carboxylic acids is 2. The molecule has 2 saturated carbocycles. The van der Waals surface area contributed by atoms with E-state index >= 15 is 0 Å². The maximum absolute atomic E-state index is 12.6. The number of hydrogen-bond acceptors (Lipinski definition) is 3. The van der Waals surface area contributed by atoms with Gasteiger partial charge in [0.05, 0.1) is 12.0 Å². The van der Waals surface area contributed by atoms with Gasteiger partial charge in [-0.3, -0.25) is 4.79 Å². The van der Waals surface area contributed by atoms with Crippen molar-refractivity contribution in [1.82, 2.24) is 15.5 Å². The lowest BCUT2D eigenvalue weighted by Crippen LogP contribution is -2.52. The fraction of sp³-hybridized carbons (Fsp3) is 0.895. The number of rotatable bonds is 3. The van der Waals surface area contributed by atoms with Crippen LogP contribution in [-0.2, 0) is 4.79 Å². The Balaban J connectivity index is 1.45. The highest BCUT2D eigenvalue weighted by Gasteiger charge is 2.31. The van der Waals surface area contributed by atoms with Crippen molar-refractivity contribution in [2.45, 2.75) is 88.8 Å². The third-order valence-corrected chi connectivity index (χ3v) is 6.06. The van der Waals surface area contributed by atoms with E-state index in [1.54, 1.807) is 0 Å². The minimum absolute atomic E-state index is 0.00480. The second kappa shape index (κ2) is 8.88. The maximum atomic E-state index is 12.6. The van der Waals surface area contributed by atoms with Gasteiger partial charge in [-0.1, -0.05) is 19.3 Å². The van der Waals surface area contributed by atoms with Crippen molar-refractivity contribution >= 4 is 11.9 Å². The SMILES string of the molecule is O=C(NC1CCC(O)CC1)[C@H]1CCCN(C(=O)NC2CCCCC2)C1. The molecule has 3 N–H and O–H groups in total. The van der Waals surface area contributed by atoms with E-state index in [0.29, 0.717) is 12.6 Å². The zero-order valence-corrected chi connectivity index (χ0v) is 15.2. The van der Waals surface area contributed by atoms with Crippen LogP contribution in [0.4, 0.5) is 4.79 Å². The van der Waals surface area contributed by atoms with Crippen LogP contribution in [0.3, 0.4) is 0 Å². The summed E-state index contributed by atoms with van der Waals surface area (Å²) in [5.74, 6) is -0.0192. The fourth-order valence-electron chi connectivity index (χ4n) is 4.43. The third kappa shape index (κ3) is 5.33. The van der Waals surface area contributed by atoms with Gasteiger partial charge in [-0.05, 0) is 51.4 Å². The number of hydrogen-bond donors (Lipinski definition) is 3. The number of amides is 3. The van der Waals surface area contributed by atoms with Gasteiger partial charge in [0, 0.05) is 25.2 Å². The van der Waals surface area contributed by atoms with Gasteiger partial charge in [-0.25, -0.2) is 4.79 Å². The molecule has 6 nitrogen and oxygen atoms in total. The highest BCUT2D eigenvalue weighted by Crippen LogP contribution is 2.22. The first-order valence-corrected chi connectivity index (χ1v) is 10.2. The molecule has 1 saturated heterocycles. The average molecular weight is 351 g/mol. The molecule has 0 unspecified atom stereocenters. The lowest BCUT2D eigenvalue weighted by Gasteiger charge is -2.35. The molecule has 0 aromatic carbocycles. The van der Waals surface area contributed by atoms with E-state index in [0.717, 1.165) is 57.9 Å². The second-order valence-electron chi connectivity index (χ2n) is 8.08. The maximum Gasteiger partial charge on any atom is 0.317 e. The molecule has 0 bridgehead atoms. The van der Waals surface area contributed by atoms with E-state index in [-0.39, 0.29) is 30.0 Å². The Hall–Kier alpha value is -1.30. The number of likely N-dealkylation sites (tertiary alicyclic amines) is 1. The van der Waals surface area contributed by atoms with E-state index in [1.807, 2.05) is 4.90 Å². The Bertz CT molecular complexity index is 457. The molecule has 142 valence electrons.